The largest absolute Gasteiger partial charge is 0.493 e. The van der Waals surface area contributed by atoms with E-state index in [-0.39, 0.29) is 41.5 Å². The van der Waals surface area contributed by atoms with Crippen molar-refractivity contribution in [2.75, 3.05) is 0 Å². The van der Waals surface area contributed by atoms with E-state index in [2.05, 4.69) is 5.92 Å². The molecule has 0 saturated heterocycles. The van der Waals surface area contributed by atoms with Crippen molar-refractivity contribution in [2.24, 2.45) is 0 Å². The molecule has 25 heavy (non-hydrogen) atoms. The molecule has 1 aromatic carbocycles. The maximum absolute atomic E-state index is 14.4. The molecule has 1 aliphatic heterocycles. The zero-order chi connectivity index (χ0) is 18.3. The quantitative estimate of drug-likeness (QED) is 0.848. The van der Waals surface area contributed by atoms with E-state index < -0.39 is 29.7 Å². The van der Waals surface area contributed by atoms with Crippen molar-refractivity contribution in [1.82, 2.24) is 9.13 Å². The third kappa shape index (κ3) is 2.98. The second kappa shape index (κ2) is 6.45. The predicted octanol–water partition coefficient (Wildman–Crippen LogP) is 2.82. The summed E-state index contributed by atoms with van der Waals surface area (Å²) in [5.41, 5.74) is -0.766. The number of ether oxygens (including phenoxy) is 1. The van der Waals surface area contributed by atoms with E-state index in [4.69, 9.17) is 22.8 Å². The number of fused-ring (bicyclic) bond motifs is 1. The highest BCUT2D eigenvalue weighted by Gasteiger charge is 2.29. The van der Waals surface area contributed by atoms with Crippen LogP contribution in [0.15, 0.2) is 16.9 Å². The first-order chi connectivity index (χ1) is 11.8. The summed E-state index contributed by atoms with van der Waals surface area (Å²) < 4.78 is 35.4. The van der Waals surface area contributed by atoms with E-state index in [0.717, 1.165) is 10.6 Å². The van der Waals surface area contributed by atoms with E-state index in [9.17, 15) is 18.7 Å². The highest BCUT2D eigenvalue weighted by Crippen LogP contribution is 2.33. The van der Waals surface area contributed by atoms with Gasteiger partial charge in [-0.2, -0.15) is 0 Å². The Labute approximate surface area is 147 Å². The van der Waals surface area contributed by atoms with Crippen molar-refractivity contribution in [3.63, 3.8) is 0 Å². The molecule has 1 aromatic heterocycles. The summed E-state index contributed by atoms with van der Waals surface area (Å²) in [5.74, 6) is 1.09. The number of aromatic hydroxyl groups is 1. The molecule has 2 unspecified atom stereocenters. The Kier molecular flexibility index (Phi) is 4.48. The number of imidazole rings is 1. The van der Waals surface area contributed by atoms with E-state index in [1.54, 1.807) is 6.92 Å². The molecular weight excluding hydrogens is 354 g/mol. The Balaban J connectivity index is 2.16. The van der Waals surface area contributed by atoms with Gasteiger partial charge in [-0.05, 0) is 19.4 Å². The van der Waals surface area contributed by atoms with Crippen molar-refractivity contribution >= 4 is 11.6 Å². The summed E-state index contributed by atoms with van der Waals surface area (Å²) in [6.45, 7) is 1.71. The van der Waals surface area contributed by atoms with E-state index in [1.807, 2.05) is 0 Å². The Morgan fingerprint density at radius 3 is 2.92 bits per heavy atom. The molecule has 0 spiro atoms. The van der Waals surface area contributed by atoms with Crippen molar-refractivity contribution in [3.8, 4) is 29.7 Å². The van der Waals surface area contributed by atoms with Crippen molar-refractivity contribution in [3.05, 3.63) is 39.2 Å². The molecule has 1 aliphatic rings. The second-order valence-corrected chi connectivity index (χ2v) is 6.20. The number of hydrogen-bond donors (Lipinski definition) is 1. The molecule has 0 aliphatic carbocycles. The number of hydrogen-bond acceptors (Lipinski definition) is 3. The minimum absolute atomic E-state index is 0.0244. The maximum atomic E-state index is 14.4. The fourth-order valence-electron chi connectivity index (χ4n) is 2.81. The Hall–Kier alpha value is -2.46. The van der Waals surface area contributed by atoms with Crippen LogP contribution < -0.4 is 10.4 Å². The summed E-state index contributed by atoms with van der Waals surface area (Å²) in [6, 6.07) is 2.15. The number of alkyl halides is 1. The Morgan fingerprint density at radius 1 is 1.52 bits per heavy atom. The number of terminal acetylenes is 1. The van der Waals surface area contributed by atoms with Gasteiger partial charge in [0.25, 0.3) is 0 Å². The summed E-state index contributed by atoms with van der Waals surface area (Å²) in [7, 11) is 0. The normalized spacial score (nSPS) is 17.6. The lowest BCUT2D eigenvalue weighted by Gasteiger charge is -2.16. The topological polar surface area (TPSA) is 56.4 Å². The monoisotopic (exact) mass is 368 g/mol. The summed E-state index contributed by atoms with van der Waals surface area (Å²) in [4.78, 5) is 12.5. The van der Waals surface area contributed by atoms with E-state index in [1.165, 1.54) is 10.6 Å². The Morgan fingerprint density at radius 2 is 2.24 bits per heavy atom. The standard InChI is InChI=1S/C17H15ClF2N2O3/c1-3-9(2)25-15-8-13(12(20)7-11(15)18)22-16(23)14-6-10(19)4-5-21(14)17(22)24/h1,7-10,23H,4-6H2,2H3. The minimum atomic E-state index is -1.16. The number of halogens is 3. The molecule has 8 heteroatoms. The van der Waals surface area contributed by atoms with Gasteiger partial charge in [0.1, 0.15) is 17.7 Å². The zero-order valence-electron chi connectivity index (χ0n) is 13.3. The van der Waals surface area contributed by atoms with Gasteiger partial charge in [-0.3, -0.25) is 4.57 Å². The fraction of sp³-hybridized carbons (Fsp3) is 0.353. The van der Waals surface area contributed by atoms with Crippen LogP contribution >= 0.6 is 11.6 Å². The molecule has 1 N–H and O–H groups in total. The number of rotatable bonds is 3. The minimum Gasteiger partial charge on any atom is -0.493 e. The lowest BCUT2D eigenvalue weighted by atomic mass is 10.1. The second-order valence-electron chi connectivity index (χ2n) is 5.79. The van der Waals surface area contributed by atoms with Gasteiger partial charge in [0.05, 0.1) is 16.4 Å². The first-order valence-corrected chi connectivity index (χ1v) is 8.01. The van der Waals surface area contributed by atoms with E-state index in [0.29, 0.717) is 0 Å². The van der Waals surface area contributed by atoms with Crippen molar-refractivity contribution in [2.45, 2.75) is 38.6 Å². The highest BCUT2D eigenvalue weighted by atomic mass is 35.5. The van der Waals surface area contributed by atoms with Crippen molar-refractivity contribution < 1.29 is 18.6 Å². The predicted molar refractivity (Wildman–Crippen MR) is 88.8 cm³/mol. The van der Waals surface area contributed by atoms with Gasteiger partial charge in [-0.1, -0.05) is 17.5 Å². The van der Waals surface area contributed by atoms with E-state index >= 15 is 0 Å². The molecule has 5 nitrogen and oxygen atoms in total. The van der Waals surface area contributed by atoms with Crippen LogP contribution in [0.4, 0.5) is 8.78 Å². The molecule has 0 radical (unpaired) electrons. The first kappa shape index (κ1) is 17.4. The number of nitrogens with zero attached hydrogens (tertiary/aromatic N) is 2. The van der Waals surface area contributed by atoms with Crippen molar-refractivity contribution in [1.29, 1.82) is 0 Å². The van der Waals surface area contributed by atoms with Gasteiger partial charge >= 0.3 is 5.69 Å². The van der Waals surface area contributed by atoms with Crippen LogP contribution in [0.5, 0.6) is 11.6 Å². The van der Waals surface area contributed by atoms with Gasteiger partial charge in [0, 0.05) is 19.0 Å². The van der Waals surface area contributed by atoms with Crippen LogP contribution in [0.25, 0.3) is 5.69 Å². The third-order valence-electron chi connectivity index (χ3n) is 4.08. The maximum Gasteiger partial charge on any atom is 0.336 e. The molecule has 132 valence electrons. The van der Waals surface area contributed by atoms with Gasteiger partial charge in [-0.15, -0.1) is 6.42 Å². The number of benzene rings is 1. The van der Waals surface area contributed by atoms with Gasteiger partial charge < -0.3 is 9.84 Å². The highest BCUT2D eigenvalue weighted by molar-refractivity contribution is 6.32. The SMILES string of the molecule is C#CC(C)Oc1cc(-n2c(O)c3n(c2=O)CCC(F)C3)c(F)cc1Cl. The van der Waals surface area contributed by atoms with Crippen LogP contribution in [-0.2, 0) is 13.0 Å². The molecule has 2 heterocycles. The summed E-state index contributed by atoms with van der Waals surface area (Å²) in [5, 5.41) is 10.3. The van der Waals surface area contributed by atoms with Gasteiger partial charge in [-0.25, -0.2) is 18.1 Å². The average Bonchev–Trinajstić information content (AvgIpc) is 2.81. The molecule has 2 aromatic rings. The smallest absolute Gasteiger partial charge is 0.336 e. The van der Waals surface area contributed by atoms with Crippen LogP contribution in [-0.4, -0.2) is 26.5 Å². The molecule has 0 amide bonds. The summed E-state index contributed by atoms with van der Waals surface area (Å²) in [6.07, 6.45) is 3.51. The molecule has 0 fully saturated rings. The third-order valence-corrected chi connectivity index (χ3v) is 4.37. The molecule has 0 saturated carbocycles. The Bertz CT molecular complexity index is 929. The van der Waals surface area contributed by atoms with Crippen LogP contribution in [0.3, 0.4) is 0 Å². The fourth-order valence-corrected chi connectivity index (χ4v) is 3.01. The summed E-state index contributed by atoms with van der Waals surface area (Å²) >= 11 is 5.95. The van der Waals surface area contributed by atoms with Crippen LogP contribution in [0.2, 0.25) is 5.02 Å². The molecular formula is C17H15ClF2N2O3. The van der Waals surface area contributed by atoms with Gasteiger partial charge in [0.15, 0.2) is 6.10 Å². The molecule has 2 atom stereocenters. The molecule has 3 rings (SSSR count). The lowest BCUT2D eigenvalue weighted by molar-refractivity contribution is 0.265. The zero-order valence-corrected chi connectivity index (χ0v) is 14.1. The first-order valence-electron chi connectivity index (χ1n) is 7.63. The molecule has 0 bridgehead atoms. The average molecular weight is 369 g/mol. The van der Waals surface area contributed by atoms with Crippen LogP contribution in [0.1, 0.15) is 19.0 Å². The lowest BCUT2D eigenvalue weighted by Crippen LogP contribution is -2.29. The van der Waals surface area contributed by atoms with Gasteiger partial charge in [0.2, 0.25) is 5.88 Å². The van der Waals surface area contributed by atoms with Crippen LogP contribution in [0, 0.1) is 18.2 Å². The number of aromatic nitrogens is 2.